The number of carbonyl (C=O) groups is 2. The molecule has 24 heavy (non-hydrogen) atoms. The predicted octanol–water partition coefficient (Wildman–Crippen LogP) is 3.40. The van der Waals surface area contributed by atoms with Gasteiger partial charge in [0, 0.05) is 12.5 Å². The van der Waals surface area contributed by atoms with Crippen LogP contribution in [-0.4, -0.2) is 35.8 Å². The van der Waals surface area contributed by atoms with Crippen molar-refractivity contribution in [1.82, 2.24) is 0 Å². The summed E-state index contributed by atoms with van der Waals surface area (Å²) in [7, 11) is 1.37. The Bertz CT molecular complexity index is 684. The van der Waals surface area contributed by atoms with Gasteiger partial charge in [0.25, 0.3) is 5.92 Å². The second-order valence-electron chi connectivity index (χ2n) is 6.63. The Kier molecular flexibility index (Phi) is 4.20. The third-order valence-electron chi connectivity index (χ3n) is 3.67. The lowest BCUT2D eigenvalue weighted by Crippen LogP contribution is -2.31. The van der Waals surface area contributed by atoms with Gasteiger partial charge in [-0.2, -0.15) is 0 Å². The molecular weight excluding hydrogens is 324 g/mol. The van der Waals surface area contributed by atoms with Gasteiger partial charge in [0.1, 0.15) is 11.4 Å². The molecule has 1 unspecified atom stereocenters. The molecule has 1 aromatic carbocycles. The third kappa shape index (κ3) is 3.13. The third-order valence-corrected chi connectivity index (χ3v) is 3.67. The molecule has 0 heterocycles. The van der Waals surface area contributed by atoms with Gasteiger partial charge in [0.15, 0.2) is 5.41 Å². The molecule has 1 aromatic rings. The van der Waals surface area contributed by atoms with Crippen LogP contribution >= 0.6 is 0 Å². The number of aliphatic carboxylic acids is 1. The zero-order valence-electron chi connectivity index (χ0n) is 13.8. The van der Waals surface area contributed by atoms with Gasteiger partial charge in [-0.1, -0.05) is 6.07 Å². The van der Waals surface area contributed by atoms with Crippen molar-refractivity contribution in [2.75, 3.05) is 12.4 Å². The maximum Gasteiger partial charge on any atom is 0.412 e. The van der Waals surface area contributed by atoms with E-state index in [1.165, 1.54) is 25.3 Å². The number of carboxylic acids is 1. The van der Waals surface area contributed by atoms with Gasteiger partial charge in [-0.3, -0.25) is 10.1 Å². The molecule has 8 heteroatoms. The summed E-state index contributed by atoms with van der Waals surface area (Å²) in [4.78, 5) is 23.4. The molecule has 1 saturated carbocycles. The molecule has 2 rings (SSSR count). The van der Waals surface area contributed by atoms with Gasteiger partial charge in [-0.05, 0) is 32.4 Å². The summed E-state index contributed by atoms with van der Waals surface area (Å²) in [5.74, 6) is -4.75. The van der Waals surface area contributed by atoms with Crippen LogP contribution in [0.3, 0.4) is 0 Å². The van der Waals surface area contributed by atoms with Crippen molar-refractivity contribution in [3.8, 4) is 5.75 Å². The monoisotopic (exact) mass is 343 g/mol. The molecule has 1 fully saturated rings. The Hall–Kier alpha value is -2.38. The van der Waals surface area contributed by atoms with E-state index in [4.69, 9.17) is 9.47 Å². The Morgan fingerprint density at radius 1 is 1.29 bits per heavy atom. The Balaban J connectivity index is 2.43. The zero-order valence-corrected chi connectivity index (χ0v) is 13.8. The van der Waals surface area contributed by atoms with E-state index in [-0.39, 0.29) is 17.0 Å². The highest BCUT2D eigenvalue weighted by atomic mass is 19.3. The first-order valence-corrected chi connectivity index (χ1v) is 7.23. The van der Waals surface area contributed by atoms with Crippen molar-refractivity contribution in [3.05, 3.63) is 23.8 Å². The van der Waals surface area contributed by atoms with Crippen molar-refractivity contribution in [3.63, 3.8) is 0 Å². The number of ether oxygens (including phenoxy) is 2. The van der Waals surface area contributed by atoms with Crippen LogP contribution in [-0.2, 0) is 14.9 Å². The minimum absolute atomic E-state index is 0.0804. The number of alkyl halides is 2. The van der Waals surface area contributed by atoms with E-state index in [0.717, 1.165) is 0 Å². The van der Waals surface area contributed by atoms with Gasteiger partial charge >= 0.3 is 12.1 Å². The largest absolute Gasteiger partial charge is 0.497 e. The first kappa shape index (κ1) is 18.0. The minimum atomic E-state index is -3.39. The average Bonchev–Trinajstić information content (AvgIpc) is 3.00. The molecule has 1 atom stereocenters. The van der Waals surface area contributed by atoms with Crippen molar-refractivity contribution in [1.29, 1.82) is 0 Å². The van der Waals surface area contributed by atoms with Gasteiger partial charge in [-0.15, -0.1) is 0 Å². The lowest BCUT2D eigenvalue weighted by Gasteiger charge is -2.22. The summed E-state index contributed by atoms with van der Waals surface area (Å²) in [6.45, 7) is 4.94. The highest BCUT2D eigenvalue weighted by molar-refractivity contribution is 5.94. The quantitative estimate of drug-likeness (QED) is 0.875. The minimum Gasteiger partial charge on any atom is -0.497 e. The maximum atomic E-state index is 13.8. The fourth-order valence-electron chi connectivity index (χ4n) is 2.47. The van der Waals surface area contributed by atoms with E-state index in [1.54, 1.807) is 20.8 Å². The van der Waals surface area contributed by atoms with Crippen molar-refractivity contribution >= 4 is 17.7 Å². The van der Waals surface area contributed by atoms with Gasteiger partial charge in [-0.25, -0.2) is 13.6 Å². The first-order chi connectivity index (χ1) is 10.9. The molecule has 0 aliphatic heterocycles. The summed E-state index contributed by atoms with van der Waals surface area (Å²) in [6.07, 6.45) is -1.70. The maximum absolute atomic E-state index is 13.8. The van der Waals surface area contributed by atoms with Crippen LogP contribution in [0, 0.1) is 0 Å². The van der Waals surface area contributed by atoms with E-state index in [2.05, 4.69) is 5.32 Å². The van der Waals surface area contributed by atoms with E-state index >= 15 is 0 Å². The van der Waals surface area contributed by atoms with Crippen molar-refractivity contribution in [2.45, 2.75) is 44.1 Å². The molecule has 6 nitrogen and oxygen atoms in total. The number of rotatable bonds is 4. The first-order valence-electron chi connectivity index (χ1n) is 7.23. The lowest BCUT2D eigenvalue weighted by molar-refractivity contribution is -0.142. The van der Waals surface area contributed by atoms with Crippen LogP contribution in [0.5, 0.6) is 5.75 Å². The number of amides is 1. The fourth-order valence-corrected chi connectivity index (χ4v) is 2.47. The van der Waals surface area contributed by atoms with Crippen LogP contribution in [0.4, 0.5) is 19.3 Å². The van der Waals surface area contributed by atoms with Gasteiger partial charge in [0.2, 0.25) is 0 Å². The number of nitrogens with one attached hydrogen (secondary N) is 1. The molecule has 0 saturated heterocycles. The molecule has 1 amide bonds. The van der Waals surface area contributed by atoms with E-state index in [1.807, 2.05) is 0 Å². The highest BCUT2D eigenvalue weighted by Crippen LogP contribution is 2.63. The summed E-state index contributed by atoms with van der Waals surface area (Å²) >= 11 is 0. The predicted molar refractivity (Wildman–Crippen MR) is 81.7 cm³/mol. The van der Waals surface area contributed by atoms with Crippen LogP contribution in [0.15, 0.2) is 18.2 Å². The molecular formula is C16H19F2NO5. The molecule has 0 spiro atoms. The summed E-state index contributed by atoms with van der Waals surface area (Å²) in [6, 6.07) is 3.88. The van der Waals surface area contributed by atoms with Crippen LogP contribution in [0.2, 0.25) is 0 Å². The number of methoxy groups -OCH3 is 1. The summed E-state index contributed by atoms with van der Waals surface area (Å²) in [5, 5.41) is 11.7. The van der Waals surface area contributed by atoms with Crippen LogP contribution in [0.1, 0.15) is 32.8 Å². The second-order valence-corrected chi connectivity index (χ2v) is 6.63. The number of hydrogen-bond acceptors (Lipinski definition) is 4. The number of hydrogen-bond donors (Lipinski definition) is 2. The molecule has 132 valence electrons. The van der Waals surface area contributed by atoms with E-state index in [9.17, 15) is 23.5 Å². The fraction of sp³-hybridized carbons (Fsp3) is 0.500. The molecule has 0 aromatic heterocycles. The number of anilines is 1. The molecule has 0 bridgehead atoms. The molecule has 0 radical (unpaired) electrons. The number of benzene rings is 1. The Labute approximate surface area is 137 Å². The van der Waals surface area contributed by atoms with E-state index < -0.39 is 35.4 Å². The van der Waals surface area contributed by atoms with Crippen molar-refractivity contribution < 1.29 is 33.0 Å². The summed E-state index contributed by atoms with van der Waals surface area (Å²) in [5.41, 5.74) is -3.42. The summed E-state index contributed by atoms with van der Waals surface area (Å²) < 4.78 is 37.7. The SMILES string of the molecule is COc1ccc(C2(C(=O)O)CC2(F)F)c(NC(=O)OC(C)(C)C)c1. The van der Waals surface area contributed by atoms with Gasteiger partial charge < -0.3 is 14.6 Å². The molecule has 1 aliphatic carbocycles. The van der Waals surface area contributed by atoms with E-state index in [0.29, 0.717) is 0 Å². The lowest BCUT2D eigenvalue weighted by atomic mass is 9.93. The normalized spacial score (nSPS) is 21.8. The zero-order chi connectivity index (χ0) is 18.3. The second kappa shape index (κ2) is 5.61. The highest BCUT2D eigenvalue weighted by Gasteiger charge is 2.78. The van der Waals surface area contributed by atoms with Crippen LogP contribution in [0.25, 0.3) is 0 Å². The standard InChI is InChI=1S/C16H19F2NO5/c1-14(2,3)24-13(22)19-11-7-9(23-4)5-6-10(11)15(12(20)21)8-16(15,17)18/h5-7H,8H2,1-4H3,(H,19,22)(H,20,21). The topological polar surface area (TPSA) is 84.9 Å². The Morgan fingerprint density at radius 2 is 1.88 bits per heavy atom. The number of carbonyl (C=O) groups excluding carboxylic acids is 1. The van der Waals surface area contributed by atoms with Gasteiger partial charge in [0.05, 0.1) is 12.8 Å². The van der Waals surface area contributed by atoms with Crippen LogP contribution < -0.4 is 10.1 Å². The Morgan fingerprint density at radius 3 is 2.29 bits per heavy atom. The molecule has 1 aliphatic rings. The number of halogens is 2. The average molecular weight is 343 g/mol. The van der Waals surface area contributed by atoms with Crippen molar-refractivity contribution in [2.24, 2.45) is 0 Å². The number of carboxylic acid groups (broad SMARTS) is 1. The smallest absolute Gasteiger partial charge is 0.412 e. The molecule has 2 N–H and O–H groups in total.